The molecule has 1 aliphatic heterocycles. The van der Waals surface area contributed by atoms with Gasteiger partial charge >= 0.3 is 35.5 Å². The van der Waals surface area contributed by atoms with E-state index in [9.17, 15) is 17.8 Å². The summed E-state index contributed by atoms with van der Waals surface area (Å²) in [6.45, 7) is 5.46. The van der Waals surface area contributed by atoms with Crippen molar-refractivity contribution in [2.24, 2.45) is 0 Å². The molecule has 7 nitrogen and oxygen atoms in total. The maximum absolute atomic E-state index is 12.5. The monoisotopic (exact) mass is 454 g/mol. The molecular formula is C22H27N2NaO5S. The van der Waals surface area contributed by atoms with Gasteiger partial charge in [0.25, 0.3) is 0 Å². The molecule has 0 spiro atoms. The number of rotatable bonds is 6. The molecule has 0 saturated heterocycles. The molecule has 0 amide bonds. The van der Waals surface area contributed by atoms with E-state index in [0.717, 1.165) is 19.3 Å². The minimum Gasteiger partial charge on any atom is -0.743 e. The quantitative estimate of drug-likeness (QED) is 0.371. The minimum atomic E-state index is -4.92. The Bertz CT molecular complexity index is 1020. The molecule has 1 aromatic heterocycles. The fourth-order valence-corrected chi connectivity index (χ4v) is 4.17. The van der Waals surface area contributed by atoms with Crippen molar-refractivity contribution in [2.75, 3.05) is 0 Å². The zero-order chi connectivity index (χ0) is 21.9. The van der Waals surface area contributed by atoms with Crippen LogP contribution in [0.15, 0.2) is 41.4 Å². The Hall–Kier alpha value is -1.29. The fourth-order valence-electron chi connectivity index (χ4n) is 3.53. The molecule has 0 bridgehead atoms. The van der Waals surface area contributed by atoms with E-state index in [2.05, 4.69) is 22.4 Å². The van der Waals surface area contributed by atoms with Gasteiger partial charge in [-0.3, -0.25) is 0 Å². The normalized spacial score (nSPS) is 16.2. The zero-order valence-electron chi connectivity index (χ0n) is 18.5. The van der Waals surface area contributed by atoms with Crippen LogP contribution in [0.3, 0.4) is 0 Å². The number of benzene rings is 1. The van der Waals surface area contributed by atoms with Gasteiger partial charge in [-0.2, -0.15) is 0 Å². The molecule has 1 aliphatic rings. The summed E-state index contributed by atoms with van der Waals surface area (Å²) in [5.74, 6) is -0.864. The number of hydrogen-bond acceptors (Lipinski definition) is 7. The standard InChI is InChI=1S/C22H28N2O5S.Na/c1-22(2,3)29-21(25)18-12-16-14-23-17(11-7-10-15-8-5-4-6-9-15)13-19(16)24-20(18)30(26,27)28;/h4-6,8-9,12,17,23H,7,10-11,13-14H2,1-3H3,(H,26,27,28);/q;+1/p-1. The Balaban J connectivity index is 0.00000341. The van der Waals surface area contributed by atoms with Crippen molar-refractivity contribution in [1.82, 2.24) is 10.3 Å². The van der Waals surface area contributed by atoms with Crippen LogP contribution in [0.4, 0.5) is 0 Å². The molecule has 0 radical (unpaired) electrons. The van der Waals surface area contributed by atoms with Gasteiger partial charge in [0.1, 0.15) is 15.7 Å². The van der Waals surface area contributed by atoms with E-state index in [1.807, 2.05) is 18.2 Å². The molecule has 3 rings (SSSR count). The van der Waals surface area contributed by atoms with Gasteiger partial charge in [-0.25, -0.2) is 18.2 Å². The Morgan fingerprint density at radius 1 is 1.26 bits per heavy atom. The summed E-state index contributed by atoms with van der Waals surface area (Å²) in [5, 5.41) is 2.66. The average molecular weight is 455 g/mol. The Kier molecular flexibility index (Phi) is 8.84. The largest absolute Gasteiger partial charge is 1.00 e. The first-order chi connectivity index (χ1) is 14.0. The molecule has 162 valence electrons. The number of esters is 1. The predicted octanol–water partition coefficient (Wildman–Crippen LogP) is -0.0178. The van der Waals surface area contributed by atoms with E-state index >= 15 is 0 Å². The number of fused-ring (bicyclic) bond motifs is 1. The Morgan fingerprint density at radius 2 is 1.94 bits per heavy atom. The first-order valence-electron chi connectivity index (χ1n) is 10.0. The third-order valence-electron chi connectivity index (χ3n) is 4.89. The van der Waals surface area contributed by atoms with Crippen molar-refractivity contribution in [2.45, 2.75) is 69.7 Å². The summed E-state index contributed by atoms with van der Waals surface area (Å²) in [5.41, 5.74) is 1.40. The van der Waals surface area contributed by atoms with Gasteiger partial charge < -0.3 is 14.6 Å². The maximum atomic E-state index is 12.5. The van der Waals surface area contributed by atoms with Crippen LogP contribution < -0.4 is 34.9 Å². The number of carbonyl (C=O) groups is 1. The molecule has 0 aliphatic carbocycles. The summed E-state index contributed by atoms with van der Waals surface area (Å²) < 4.78 is 40.6. The summed E-state index contributed by atoms with van der Waals surface area (Å²) in [7, 11) is -4.92. The van der Waals surface area contributed by atoms with Gasteiger partial charge in [0.05, 0.1) is 5.56 Å². The van der Waals surface area contributed by atoms with Gasteiger partial charge in [-0.15, -0.1) is 0 Å². The van der Waals surface area contributed by atoms with E-state index in [1.165, 1.54) is 11.6 Å². The second kappa shape index (κ2) is 10.6. The van der Waals surface area contributed by atoms with Crippen LogP contribution in [0.1, 0.15) is 60.8 Å². The molecular weight excluding hydrogens is 427 g/mol. The SMILES string of the molecule is CC(C)(C)OC(=O)c1cc2c(nc1S(=O)(=O)[O-])CC(CCCc1ccccc1)NC2.[Na+]. The number of pyridine rings is 1. The number of aryl methyl sites for hydroxylation is 1. The zero-order valence-corrected chi connectivity index (χ0v) is 21.3. The predicted molar refractivity (Wildman–Crippen MR) is 111 cm³/mol. The van der Waals surface area contributed by atoms with Gasteiger partial charge in [0.2, 0.25) is 0 Å². The minimum absolute atomic E-state index is 0. The van der Waals surface area contributed by atoms with E-state index in [4.69, 9.17) is 4.74 Å². The molecule has 1 atom stereocenters. The molecule has 2 heterocycles. The van der Waals surface area contributed by atoms with E-state index in [0.29, 0.717) is 24.2 Å². The second-order valence-electron chi connectivity index (χ2n) is 8.56. The summed E-state index contributed by atoms with van der Waals surface area (Å²) in [6.07, 6.45) is 3.32. The van der Waals surface area contributed by atoms with Crippen LogP contribution in [0, 0.1) is 0 Å². The van der Waals surface area contributed by atoms with Crippen LogP contribution in [-0.4, -0.2) is 35.6 Å². The molecule has 31 heavy (non-hydrogen) atoms. The van der Waals surface area contributed by atoms with Crippen molar-refractivity contribution < 1.29 is 52.1 Å². The number of nitrogens with one attached hydrogen (secondary N) is 1. The van der Waals surface area contributed by atoms with Crippen LogP contribution >= 0.6 is 0 Å². The number of aromatic nitrogens is 1. The van der Waals surface area contributed by atoms with Gasteiger partial charge in [-0.1, -0.05) is 30.3 Å². The van der Waals surface area contributed by atoms with Crippen LogP contribution in [0.2, 0.25) is 0 Å². The summed E-state index contributed by atoms with van der Waals surface area (Å²) >= 11 is 0. The first kappa shape index (κ1) is 26.0. The fraction of sp³-hybridized carbons (Fsp3) is 0.455. The summed E-state index contributed by atoms with van der Waals surface area (Å²) in [6, 6.07) is 11.8. The summed E-state index contributed by atoms with van der Waals surface area (Å²) in [4.78, 5) is 16.6. The Labute approximate surface area is 206 Å². The number of hydrogen-bond donors (Lipinski definition) is 1. The van der Waals surface area contributed by atoms with Gasteiger partial charge in [0, 0.05) is 24.7 Å². The van der Waals surface area contributed by atoms with Crippen LogP contribution in [0.5, 0.6) is 0 Å². The van der Waals surface area contributed by atoms with Crippen molar-refractivity contribution in [1.29, 1.82) is 0 Å². The molecule has 1 N–H and O–H groups in total. The molecule has 2 aromatic rings. The molecule has 0 fully saturated rings. The molecule has 1 aromatic carbocycles. The Morgan fingerprint density at radius 3 is 2.55 bits per heavy atom. The van der Waals surface area contributed by atoms with E-state index < -0.39 is 26.7 Å². The second-order valence-corrected chi connectivity index (χ2v) is 9.86. The number of carbonyl (C=O) groups excluding carboxylic acids is 1. The van der Waals surface area contributed by atoms with Gasteiger partial charge in [-0.05, 0) is 57.2 Å². The van der Waals surface area contributed by atoms with E-state index in [1.54, 1.807) is 20.8 Å². The molecule has 1 unspecified atom stereocenters. The maximum Gasteiger partial charge on any atom is 1.00 e. The van der Waals surface area contributed by atoms with Crippen LogP contribution in [-0.2, 0) is 34.2 Å². The van der Waals surface area contributed by atoms with Crippen molar-refractivity contribution in [3.05, 3.63) is 58.8 Å². The van der Waals surface area contributed by atoms with Crippen molar-refractivity contribution >= 4 is 16.1 Å². The number of ether oxygens (including phenoxy) is 1. The van der Waals surface area contributed by atoms with E-state index in [-0.39, 0.29) is 41.2 Å². The van der Waals surface area contributed by atoms with Crippen molar-refractivity contribution in [3.8, 4) is 0 Å². The van der Waals surface area contributed by atoms with Crippen LogP contribution in [0.25, 0.3) is 0 Å². The third kappa shape index (κ3) is 7.37. The third-order valence-corrected chi connectivity index (χ3v) is 5.68. The first-order valence-corrected chi connectivity index (χ1v) is 11.4. The molecule has 0 saturated carbocycles. The average Bonchev–Trinajstić information content (AvgIpc) is 2.65. The van der Waals surface area contributed by atoms with Gasteiger partial charge in [0.15, 0.2) is 5.03 Å². The van der Waals surface area contributed by atoms with Crippen molar-refractivity contribution in [3.63, 3.8) is 0 Å². The topological polar surface area (TPSA) is 108 Å². The smallest absolute Gasteiger partial charge is 0.743 e. The molecule has 9 heteroatoms. The number of nitrogens with zero attached hydrogens (tertiary/aromatic N) is 1.